The van der Waals surface area contributed by atoms with Crippen LogP contribution in [0, 0.1) is 5.82 Å². The highest BCUT2D eigenvalue weighted by atomic mass is 32.2. The second-order valence-electron chi connectivity index (χ2n) is 10.1. The summed E-state index contributed by atoms with van der Waals surface area (Å²) in [5, 5.41) is 0.950. The average Bonchev–Trinajstić information content (AvgIpc) is 3.53. The van der Waals surface area contributed by atoms with Gasteiger partial charge in [0.1, 0.15) is 29.8 Å². The Bertz CT molecular complexity index is 2020. The van der Waals surface area contributed by atoms with E-state index >= 15 is 0 Å². The number of benzene rings is 3. The molecule has 1 aliphatic heterocycles. The molecule has 5 aromatic rings. The molecule has 1 aliphatic rings. The second kappa shape index (κ2) is 9.95. The molecule has 1 N–H and O–H groups in total. The summed E-state index contributed by atoms with van der Waals surface area (Å²) in [4.78, 5) is 30.3. The van der Waals surface area contributed by atoms with Crippen LogP contribution in [0.3, 0.4) is 0 Å². The molecule has 6 rings (SSSR count). The number of aromatic amines is 1. The molecule has 1 amide bonds. The normalized spacial score (nSPS) is 15.8. The number of hydrogen-bond acceptors (Lipinski definition) is 5. The zero-order chi connectivity index (χ0) is 29.1. The number of fused-ring (bicyclic) bond motifs is 5. The van der Waals surface area contributed by atoms with E-state index in [4.69, 9.17) is 4.42 Å². The van der Waals surface area contributed by atoms with E-state index in [1.165, 1.54) is 29.2 Å². The van der Waals surface area contributed by atoms with Crippen LogP contribution < -0.4 is 9.86 Å². The molecule has 1 saturated heterocycles. The first-order chi connectivity index (χ1) is 19.5. The lowest BCUT2D eigenvalue weighted by Crippen LogP contribution is -2.32. The zero-order valence-electron chi connectivity index (χ0n) is 21.8. The quantitative estimate of drug-likeness (QED) is 0.298. The lowest BCUT2D eigenvalue weighted by Gasteiger charge is -2.24. The number of anilines is 1. The van der Waals surface area contributed by atoms with Gasteiger partial charge in [-0.05, 0) is 48.4 Å². The molecular weight excluding hydrogens is 559 g/mol. The highest BCUT2D eigenvalue weighted by molar-refractivity contribution is 7.92. The van der Waals surface area contributed by atoms with Gasteiger partial charge in [-0.3, -0.25) is 13.9 Å². The van der Waals surface area contributed by atoms with Crippen LogP contribution in [0.1, 0.15) is 16.8 Å². The summed E-state index contributed by atoms with van der Waals surface area (Å²) in [5.41, 5.74) is 1.09. The molecular formula is C29H24F3N3O5S. The summed E-state index contributed by atoms with van der Waals surface area (Å²) >= 11 is 0. The number of alkyl halides is 2. The number of likely N-dealkylation sites (tertiary alicyclic amines) is 1. The van der Waals surface area contributed by atoms with Crippen molar-refractivity contribution in [2.75, 3.05) is 36.9 Å². The van der Waals surface area contributed by atoms with Gasteiger partial charge >= 0.3 is 0 Å². The van der Waals surface area contributed by atoms with E-state index in [2.05, 4.69) is 4.98 Å². The molecule has 12 heteroatoms. The van der Waals surface area contributed by atoms with Crippen molar-refractivity contribution in [3.63, 3.8) is 0 Å². The number of carbonyl (C=O) groups excluding carboxylic acids is 1. The number of hydrogen-bond donors (Lipinski definition) is 1. The number of rotatable bonds is 6. The van der Waals surface area contributed by atoms with Crippen molar-refractivity contribution in [3.8, 4) is 11.1 Å². The highest BCUT2D eigenvalue weighted by Gasteiger charge is 2.28. The van der Waals surface area contributed by atoms with Gasteiger partial charge in [0.2, 0.25) is 10.0 Å². The Labute approximate surface area is 232 Å². The van der Waals surface area contributed by atoms with Gasteiger partial charge in [-0.1, -0.05) is 12.1 Å². The minimum atomic E-state index is -3.98. The Morgan fingerprint density at radius 3 is 2.66 bits per heavy atom. The summed E-state index contributed by atoms with van der Waals surface area (Å²) in [6.07, 6.45) is 0.102. The van der Waals surface area contributed by atoms with Crippen LogP contribution in [0.25, 0.3) is 44.0 Å². The van der Waals surface area contributed by atoms with Gasteiger partial charge in [-0.25, -0.2) is 21.6 Å². The van der Waals surface area contributed by atoms with E-state index in [-0.39, 0.29) is 58.7 Å². The van der Waals surface area contributed by atoms with Crippen LogP contribution in [-0.4, -0.2) is 62.9 Å². The predicted molar refractivity (Wildman–Crippen MR) is 151 cm³/mol. The number of sulfonamides is 1. The fraction of sp³-hybridized carbons (Fsp3) is 0.241. The molecule has 3 heterocycles. The third kappa shape index (κ3) is 4.71. The van der Waals surface area contributed by atoms with E-state index in [9.17, 15) is 31.2 Å². The van der Waals surface area contributed by atoms with Crippen LogP contribution >= 0.6 is 0 Å². The van der Waals surface area contributed by atoms with E-state index in [0.717, 1.165) is 10.6 Å². The van der Waals surface area contributed by atoms with Gasteiger partial charge in [0.15, 0.2) is 0 Å². The topological polar surface area (TPSA) is 104 Å². The summed E-state index contributed by atoms with van der Waals surface area (Å²) in [5.74, 6) is -0.921. The van der Waals surface area contributed by atoms with Gasteiger partial charge in [-0.2, -0.15) is 0 Å². The van der Waals surface area contributed by atoms with Gasteiger partial charge in [0, 0.05) is 34.5 Å². The monoisotopic (exact) mass is 583 g/mol. The van der Waals surface area contributed by atoms with E-state index < -0.39 is 40.8 Å². The molecule has 2 aromatic heterocycles. The lowest BCUT2D eigenvalue weighted by atomic mass is 9.98. The third-order valence-electron chi connectivity index (χ3n) is 7.30. The predicted octanol–water partition coefficient (Wildman–Crippen LogP) is 5.15. The molecule has 3 aromatic carbocycles. The third-order valence-corrected chi connectivity index (χ3v) is 8.48. The number of nitrogens with one attached hydrogen (secondary N) is 1. The van der Waals surface area contributed by atoms with Crippen molar-refractivity contribution in [1.29, 1.82) is 0 Å². The first kappa shape index (κ1) is 26.9. The molecule has 1 atom stereocenters. The summed E-state index contributed by atoms with van der Waals surface area (Å²) in [6, 6.07) is 13.2. The van der Waals surface area contributed by atoms with Gasteiger partial charge < -0.3 is 14.3 Å². The Morgan fingerprint density at radius 1 is 1.15 bits per heavy atom. The molecule has 41 heavy (non-hydrogen) atoms. The molecule has 0 aliphatic carbocycles. The van der Waals surface area contributed by atoms with Gasteiger partial charge in [-0.15, -0.1) is 0 Å². The maximum atomic E-state index is 13.9. The standard InChI is InChI=1S/C29H24F3N3O5S/c1-41(38,39)35(10-8-30)24-14-25-22(26-27(40-25)20-6-5-18(31)12-23(20)33-28(26)36)13-21(24)16-3-2-4-17(11-16)29(37)34-9-7-19(32)15-34/h2-6,11-14,19H,7-10,15H2,1H3,(H,33,36)/t19-/m0/s1. The smallest absolute Gasteiger partial charge is 0.260 e. The lowest BCUT2D eigenvalue weighted by molar-refractivity contribution is 0.0783. The molecule has 0 spiro atoms. The second-order valence-corrected chi connectivity index (χ2v) is 12.0. The van der Waals surface area contributed by atoms with E-state index in [0.29, 0.717) is 21.9 Å². The summed E-state index contributed by atoms with van der Waals surface area (Å²) in [6.45, 7) is -1.19. The van der Waals surface area contributed by atoms with Crippen molar-refractivity contribution < 1.29 is 30.8 Å². The van der Waals surface area contributed by atoms with Crippen molar-refractivity contribution in [2.45, 2.75) is 12.6 Å². The number of H-pyrrole nitrogens is 1. The summed E-state index contributed by atoms with van der Waals surface area (Å²) in [7, 11) is -3.98. The van der Waals surface area contributed by atoms with Crippen molar-refractivity contribution in [2.24, 2.45) is 0 Å². The number of amides is 1. The van der Waals surface area contributed by atoms with E-state index in [1.807, 2.05) is 0 Å². The van der Waals surface area contributed by atoms with Crippen LogP contribution in [-0.2, 0) is 10.0 Å². The molecule has 0 radical (unpaired) electrons. The Balaban J connectivity index is 1.62. The van der Waals surface area contributed by atoms with Crippen LogP contribution in [0.5, 0.6) is 0 Å². The fourth-order valence-electron chi connectivity index (χ4n) is 5.43. The minimum Gasteiger partial charge on any atom is -0.455 e. The minimum absolute atomic E-state index is 0.0136. The maximum Gasteiger partial charge on any atom is 0.260 e. The van der Waals surface area contributed by atoms with E-state index in [1.54, 1.807) is 30.3 Å². The highest BCUT2D eigenvalue weighted by Crippen LogP contribution is 2.40. The molecule has 1 fully saturated rings. The van der Waals surface area contributed by atoms with Gasteiger partial charge in [0.25, 0.3) is 11.5 Å². The maximum absolute atomic E-state index is 13.9. The molecule has 0 unspecified atom stereocenters. The molecule has 0 bridgehead atoms. The number of nitrogens with zero attached hydrogens (tertiary/aromatic N) is 2. The van der Waals surface area contributed by atoms with Crippen LogP contribution in [0.4, 0.5) is 18.9 Å². The van der Waals surface area contributed by atoms with Gasteiger partial charge in [0.05, 0.1) is 35.9 Å². The molecule has 212 valence electrons. The largest absolute Gasteiger partial charge is 0.455 e. The Kier molecular flexibility index (Phi) is 6.52. The number of furan rings is 1. The van der Waals surface area contributed by atoms with Crippen molar-refractivity contribution in [3.05, 3.63) is 76.3 Å². The number of pyridine rings is 1. The van der Waals surface area contributed by atoms with Crippen molar-refractivity contribution >= 4 is 54.5 Å². The SMILES string of the molecule is CS(=O)(=O)N(CCF)c1cc2oc3c4ccc(F)cc4[nH]c(=O)c3c2cc1-c1cccc(C(=O)N2CC[C@H](F)C2)c1. The number of carbonyl (C=O) groups is 1. The van der Waals surface area contributed by atoms with Crippen LogP contribution in [0.15, 0.2) is 63.8 Å². The van der Waals surface area contributed by atoms with Crippen molar-refractivity contribution in [1.82, 2.24) is 9.88 Å². The average molecular weight is 584 g/mol. The molecule has 0 saturated carbocycles. The zero-order valence-corrected chi connectivity index (χ0v) is 22.6. The number of halogens is 3. The Hall–Kier alpha value is -4.32. The number of aromatic nitrogens is 1. The fourth-order valence-corrected chi connectivity index (χ4v) is 6.34. The first-order valence-corrected chi connectivity index (χ1v) is 14.7. The molecule has 8 nitrogen and oxygen atoms in total. The first-order valence-electron chi connectivity index (χ1n) is 12.8. The summed E-state index contributed by atoms with van der Waals surface area (Å²) < 4.78 is 73.8. The Morgan fingerprint density at radius 2 is 1.95 bits per heavy atom. The van der Waals surface area contributed by atoms with Crippen LogP contribution in [0.2, 0.25) is 0 Å².